The topological polar surface area (TPSA) is 75.6 Å². The van der Waals surface area contributed by atoms with Gasteiger partial charge < -0.3 is 14.7 Å². The van der Waals surface area contributed by atoms with Crippen LogP contribution in [-0.4, -0.2) is 39.2 Å². The van der Waals surface area contributed by atoms with Gasteiger partial charge in [-0.15, -0.1) is 0 Å². The molecule has 3 heterocycles. The van der Waals surface area contributed by atoms with Crippen LogP contribution < -0.4 is 4.74 Å². The number of benzene rings is 1. The minimum Gasteiger partial charge on any atom is -0.485 e. The Bertz CT molecular complexity index is 1180. The Morgan fingerprint density at radius 2 is 2.06 bits per heavy atom. The Labute approximate surface area is 205 Å². The second-order valence-corrected chi connectivity index (χ2v) is 9.70. The minimum atomic E-state index is -0.862. The van der Waals surface area contributed by atoms with Gasteiger partial charge in [-0.1, -0.05) is 37.6 Å². The summed E-state index contributed by atoms with van der Waals surface area (Å²) < 4.78 is 6.11. The predicted molar refractivity (Wildman–Crippen MR) is 133 cm³/mol. The lowest BCUT2D eigenvalue weighted by Crippen LogP contribution is -2.33. The molecule has 1 aliphatic rings. The summed E-state index contributed by atoms with van der Waals surface area (Å²) >= 11 is 6.26. The first kappa shape index (κ1) is 24.0. The second-order valence-electron chi connectivity index (χ2n) is 9.31. The number of amides is 1. The number of rotatable bonds is 6. The molecule has 0 spiro atoms. The molecule has 178 valence electrons. The molecule has 0 bridgehead atoms. The average molecular weight is 480 g/mol. The van der Waals surface area contributed by atoms with Crippen molar-refractivity contribution in [3.63, 3.8) is 0 Å². The summed E-state index contributed by atoms with van der Waals surface area (Å²) in [5.41, 5.74) is 5.91. The second kappa shape index (κ2) is 10.4. The Morgan fingerprint density at radius 3 is 2.79 bits per heavy atom. The molecular formula is C27H30ClN3O3. The van der Waals surface area contributed by atoms with E-state index in [1.54, 1.807) is 12.3 Å². The molecule has 0 aliphatic carbocycles. The molecule has 3 aromatic rings. The van der Waals surface area contributed by atoms with Crippen LogP contribution in [0.2, 0.25) is 5.15 Å². The Kier molecular flexibility index (Phi) is 7.37. The number of fused-ring (bicyclic) bond motifs is 1. The number of hydrogen-bond donors (Lipinski definition) is 1. The van der Waals surface area contributed by atoms with Gasteiger partial charge in [0.25, 0.3) is 0 Å². The van der Waals surface area contributed by atoms with Crippen molar-refractivity contribution in [3.05, 3.63) is 76.2 Å². The third-order valence-electron chi connectivity index (χ3n) is 6.15. The maximum atomic E-state index is 11.7. The molecule has 0 saturated heterocycles. The van der Waals surface area contributed by atoms with Crippen LogP contribution in [0.5, 0.6) is 5.75 Å². The van der Waals surface area contributed by atoms with E-state index < -0.39 is 6.09 Å². The normalized spacial score (nSPS) is 15.7. The zero-order valence-electron chi connectivity index (χ0n) is 19.8. The number of carbonyl (C=O) groups is 1. The number of ether oxygens (including phenoxy) is 1. The first-order chi connectivity index (χ1) is 16.3. The van der Waals surface area contributed by atoms with E-state index in [-0.39, 0.29) is 5.92 Å². The molecule has 1 unspecified atom stereocenters. The fraction of sp³-hybridized carbons (Fsp3) is 0.370. The van der Waals surface area contributed by atoms with Gasteiger partial charge in [0.1, 0.15) is 23.2 Å². The van der Waals surface area contributed by atoms with E-state index in [0.717, 1.165) is 28.8 Å². The quantitative estimate of drug-likeness (QED) is 0.417. The molecule has 1 N–H and O–H groups in total. The van der Waals surface area contributed by atoms with Crippen LogP contribution in [0.3, 0.4) is 0 Å². The van der Waals surface area contributed by atoms with Gasteiger partial charge in [-0.3, -0.25) is 4.98 Å². The highest BCUT2D eigenvalue weighted by Gasteiger charge is 2.27. The van der Waals surface area contributed by atoms with Crippen LogP contribution in [0.25, 0.3) is 11.3 Å². The number of aromatic nitrogens is 2. The first-order valence-corrected chi connectivity index (χ1v) is 12.0. The van der Waals surface area contributed by atoms with Crippen molar-refractivity contribution in [1.29, 1.82) is 0 Å². The van der Waals surface area contributed by atoms with E-state index in [4.69, 9.17) is 16.3 Å². The lowest BCUT2D eigenvalue weighted by atomic mass is 9.86. The van der Waals surface area contributed by atoms with Gasteiger partial charge in [-0.25, -0.2) is 9.78 Å². The van der Waals surface area contributed by atoms with Gasteiger partial charge in [0.2, 0.25) is 0 Å². The predicted octanol–water partition coefficient (Wildman–Crippen LogP) is 6.35. The van der Waals surface area contributed by atoms with Crippen molar-refractivity contribution in [1.82, 2.24) is 14.9 Å². The number of hydrogen-bond acceptors (Lipinski definition) is 4. The zero-order valence-corrected chi connectivity index (χ0v) is 20.5. The maximum absolute atomic E-state index is 11.7. The molecule has 1 aromatic carbocycles. The number of carboxylic acid groups (broad SMARTS) is 1. The highest BCUT2D eigenvalue weighted by molar-refractivity contribution is 6.29. The standard InChI is InChI=1S/C27H30ClN3O3/c1-17(2)12-21-15-31(27(32)33)11-9-19-14-20(4-5-23(19)21)26-24(6-7-25(28)30-26)34-16-22-13-18(3)8-10-29-22/h4-8,10,13-14,17,21H,9,11-12,15-16H2,1-3H3,(H,32,33). The van der Waals surface area contributed by atoms with Gasteiger partial charge in [0.15, 0.2) is 0 Å². The maximum Gasteiger partial charge on any atom is 0.407 e. The summed E-state index contributed by atoms with van der Waals surface area (Å²) in [6.45, 7) is 7.69. The summed E-state index contributed by atoms with van der Waals surface area (Å²) in [4.78, 5) is 22.2. The third kappa shape index (κ3) is 5.68. The number of pyridine rings is 2. The van der Waals surface area contributed by atoms with Crippen LogP contribution in [0.15, 0.2) is 48.7 Å². The first-order valence-electron chi connectivity index (χ1n) is 11.6. The van der Waals surface area contributed by atoms with Crippen molar-refractivity contribution in [2.24, 2.45) is 5.92 Å². The van der Waals surface area contributed by atoms with E-state index >= 15 is 0 Å². The molecular weight excluding hydrogens is 450 g/mol. The minimum absolute atomic E-state index is 0.165. The smallest absolute Gasteiger partial charge is 0.407 e. The largest absolute Gasteiger partial charge is 0.485 e. The summed E-state index contributed by atoms with van der Waals surface area (Å²) in [5.74, 6) is 1.27. The third-order valence-corrected chi connectivity index (χ3v) is 6.36. The molecule has 1 amide bonds. The van der Waals surface area contributed by atoms with E-state index in [2.05, 4.69) is 35.9 Å². The Hall–Kier alpha value is -3.12. The van der Waals surface area contributed by atoms with E-state index in [0.29, 0.717) is 48.6 Å². The molecule has 2 aromatic heterocycles. The van der Waals surface area contributed by atoms with Crippen LogP contribution in [-0.2, 0) is 13.0 Å². The van der Waals surface area contributed by atoms with Crippen molar-refractivity contribution < 1.29 is 14.6 Å². The van der Waals surface area contributed by atoms with Crippen LogP contribution in [0, 0.1) is 12.8 Å². The Morgan fingerprint density at radius 1 is 1.24 bits per heavy atom. The molecule has 0 radical (unpaired) electrons. The van der Waals surface area contributed by atoms with Crippen molar-refractivity contribution in [2.75, 3.05) is 13.1 Å². The summed E-state index contributed by atoms with van der Waals surface area (Å²) in [7, 11) is 0. The SMILES string of the molecule is Cc1ccnc(COc2ccc(Cl)nc2-c2ccc3c(c2)CCN(C(=O)O)CC3CC(C)C)c1. The fourth-order valence-corrected chi connectivity index (χ4v) is 4.75. The Balaban J connectivity index is 1.66. The van der Waals surface area contributed by atoms with Gasteiger partial charge in [0, 0.05) is 30.8 Å². The van der Waals surface area contributed by atoms with Crippen molar-refractivity contribution >= 4 is 17.7 Å². The van der Waals surface area contributed by atoms with Crippen LogP contribution in [0.1, 0.15) is 48.6 Å². The summed E-state index contributed by atoms with van der Waals surface area (Å²) in [6, 6.07) is 13.8. The molecule has 34 heavy (non-hydrogen) atoms. The van der Waals surface area contributed by atoms with Crippen LogP contribution >= 0.6 is 11.6 Å². The lowest BCUT2D eigenvalue weighted by molar-refractivity contribution is 0.142. The van der Waals surface area contributed by atoms with Gasteiger partial charge in [0.05, 0.1) is 5.69 Å². The monoisotopic (exact) mass is 479 g/mol. The highest BCUT2D eigenvalue weighted by atomic mass is 35.5. The number of halogens is 1. The molecule has 6 nitrogen and oxygen atoms in total. The van der Waals surface area contributed by atoms with E-state index in [1.807, 2.05) is 31.2 Å². The van der Waals surface area contributed by atoms with Crippen LogP contribution in [0.4, 0.5) is 4.79 Å². The van der Waals surface area contributed by atoms with Gasteiger partial charge >= 0.3 is 6.09 Å². The number of nitrogens with zero attached hydrogens (tertiary/aromatic N) is 3. The number of aryl methyl sites for hydroxylation is 1. The molecule has 0 saturated carbocycles. The van der Waals surface area contributed by atoms with E-state index in [9.17, 15) is 9.90 Å². The zero-order chi connectivity index (χ0) is 24.2. The van der Waals surface area contributed by atoms with Gasteiger partial charge in [-0.2, -0.15) is 0 Å². The van der Waals surface area contributed by atoms with Gasteiger partial charge in [-0.05, 0) is 72.7 Å². The average Bonchev–Trinajstić information content (AvgIpc) is 2.97. The summed E-state index contributed by atoms with van der Waals surface area (Å²) in [5, 5.41) is 10.0. The fourth-order valence-electron chi connectivity index (χ4n) is 4.60. The highest BCUT2D eigenvalue weighted by Crippen LogP contribution is 2.36. The lowest BCUT2D eigenvalue weighted by Gasteiger charge is -2.24. The molecule has 0 fully saturated rings. The molecule has 1 aliphatic heterocycles. The molecule has 4 rings (SSSR count). The summed E-state index contributed by atoms with van der Waals surface area (Å²) in [6.07, 6.45) is 2.51. The van der Waals surface area contributed by atoms with Crippen molar-refractivity contribution in [2.45, 2.75) is 46.1 Å². The van der Waals surface area contributed by atoms with Crippen molar-refractivity contribution in [3.8, 4) is 17.0 Å². The molecule has 1 atom stereocenters. The molecule has 7 heteroatoms. The van der Waals surface area contributed by atoms with E-state index in [1.165, 1.54) is 10.5 Å².